The van der Waals surface area contributed by atoms with Crippen molar-refractivity contribution in [3.63, 3.8) is 0 Å². The lowest BCUT2D eigenvalue weighted by Crippen LogP contribution is -2.24. The standard InChI is InChI=1S/C18H15F2NO5S2/c1-27(23,24)8-2-7-21-11-12-3-4-13(9-15(12)18(21)22)28(25,26)14-5-6-16(19)17(20)10-14/h2-6,8-10H,7,11H2,1H3/b8-2+. The van der Waals surface area contributed by atoms with Gasteiger partial charge in [-0.3, -0.25) is 4.79 Å². The smallest absolute Gasteiger partial charge is 0.254 e. The number of rotatable bonds is 5. The van der Waals surface area contributed by atoms with E-state index >= 15 is 0 Å². The molecule has 0 atom stereocenters. The maximum absolute atomic E-state index is 13.4. The van der Waals surface area contributed by atoms with Crippen molar-refractivity contribution in [3.05, 3.63) is 70.6 Å². The molecule has 0 aliphatic carbocycles. The molecular weight excluding hydrogens is 412 g/mol. The van der Waals surface area contributed by atoms with Gasteiger partial charge in [-0.15, -0.1) is 0 Å². The summed E-state index contributed by atoms with van der Waals surface area (Å²) in [6, 6.07) is 6.21. The first-order chi connectivity index (χ1) is 13.0. The molecule has 0 radical (unpaired) electrons. The maximum Gasteiger partial charge on any atom is 0.254 e. The highest BCUT2D eigenvalue weighted by Gasteiger charge is 2.29. The minimum atomic E-state index is -4.15. The fraction of sp³-hybridized carbons (Fsp3) is 0.167. The number of benzene rings is 2. The average molecular weight is 427 g/mol. The van der Waals surface area contributed by atoms with Gasteiger partial charge in [-0.05, 0) is 35.9 Å². The third-order valence-corrected chi connectivity index (χ3v) is 6.58. The van der Waals surface area contributed by atoms with Crippen molar-refractivity contribution < 1.29 is 30.4 Å². The number of fused-ring (bicyclic) bond motifs is 1. The molecule has 0 fully saturated rings. The number of hydrogen-bond donors (Lipinski definition) is 0. The molecule has 28 heavy (non-hydrogen) atoms. The fourth-order valence-electron chi connectivity index (χ4n) is 2.78. The summed E-state index contributed by atoms with van der Waals surface area (Å²) in [6.45, 7) is 0.250. The van der Waals surface area contributed by atoms with E-state index in [9.17, 15) is 30.4 Å². The molecule has 0 saturated carbocycles. The first kappa shape index (κ1) is 20.2. The van der Waals surface area contributed by atoms with E-state index in [1.807, 2.05) is 0 Å². The second-order valence-corrected chi connectivity index (χ2v) is 10.2. The van der Waals surface area contributed by atoms with E-state index in [1.54, 1.807) is 0 Å². The molecule has 10 heteroatoms. The van der Waals surface area contributed by atoms with Gasteiger partial charge in [0.2, 0.25) is 9.84 Å². The van der Waals surface area contributed by atoms with Crippen LogP contribution >= 0.6 is 0 Å². The topological polar surface area (TPSA) is 88.6 Å². The molecule has 1 aliphatic rings. The van der Waals surface area contributed by atoms with Crippen LogP contribution < -0.4 is 0 Å². The molecule has 148 valence electrons. The number of nitrogens with zero attached hydrogens (tertiary/aromatic N) is 1. The number of amides is 1. The molecule has 2 aromatic rings. The predicted molar refractivity (Wildman–Crippen MR) is 97.0 cm³/mol. The summed E-state index contributed by atoms with van der Waals surface area (Å²) < 4.78 is 74.1. The molecule has 1 heterocycles. The Kier molecular flexibility index (Phi) is 5.11. The number of carbonyl (C=O) groups is 1. The normalized spacial score (nSPS) is 14.7. The summed E-state index contributed by atoms with van der Waals surface area (Å²) in [5.74, 6) is -2.90. The van der Waals surface area contributed by atoms with Crippen molar-refractivity contribution >= 4 is 25.6 Å². The quantitative estimate of drug-likeness (QED) is 0.684. The highest BCUT2D eigenvalue weighted by molar-refractivity contribution is 7.93. The van der Waals surface area contributed by atoms with E-state index in [0.29, 0.717) is 11.6 Å². The maximum atomic E-state index is 13.4. The molecule has 2 aromatic carbocycles. The molecule has 1 amide bonds. The van der Waals surface area contributed by atoms with Gasteiger partial charge in [0, 0.05) is 30.3 Å². The summed E-state index contributed by atoms with van der Waals surface area (Å²) in [5.41, 5.74) is 0.749. The second kappa shape index (κ2) is 7.10. The van der Waals surface area contributed by atoms with E-state index in [-0.39, 0.29) is 23.5 Å². The highest BCUT2D eigenvalue weighted by atomic mass is 32.2. The molecule has 0 unspecified atom stereocenters. The molecule has 0 aromatic heterocycles. The molecule has 6 nitrogen and oxygen atoms in total. The Morgan fingerprint density at radius 2 is 1.64 bits per heavy atom. The third kappa shape index (κ3) is 3.97. The van der Waals surface area contributed by atoms with Crippen molar-refractivity contribution in [3.8, 4) is 0 Å². The summed E-state index contributed by atoms with van der Waals surface area (Å²) in [4.78, 5) is 13.2. The SMILES string of the molecule is CS(=O)(=O)/C=C/CN1Cc2ccc(S(=O)(=O)c3ccc(F)c(F)c3)cc2C1=O. The van der Waals surface area contributed by atoms with Crippen LogP contribution in [0.5, 0.6) is 0 Å². The van der Waals surface area contributed by atoms with Gasteiger partial charge in [-0.2, -0.15) is 0 Å². The van der Waals surface area contributed by atoms with Gasteiger partial charge in [-0.25, -0.2) is 25.6 Å². The van der Waals surface area contributed by atoms with Crippen molar-refractivity contribution in [1.29, 1.82) is 0 Å². The number of hydrogen-bond acceptors (Lipinski definition) is 5. The van der Waals surface area contributed by atoms with Gasteiger partial charge in [0.1, 0.15) is 0 Å². The summed E-state index contributed by atoms with van der Waals surface area (Å²) in [5, 5.41) is 0.988. The van der Waals surface area contributed by atoms with Gasteiger partial charge in [0.15, 0.2) is 21.5 Å². The van der Waals surface area contributed by atoms with E-state index < -0.39 is 42.1 Å². The lowest BCUT2D eigenvalue weighted by atomic mass is 10.1. The first-order valence-electron chi connectivity index (χ1n) is 7.98. The molecule has 0 bridgehead atoms. The lowest BCUT2D eigenvalue weighted by Gasteiger charge is -2.12. The fourth-order valence-corrected chi connectivity index (χ4v) is 4.51. The minimum Gasteiger partial charge on any atom is -0.331 e. The monoisotopic (exact) mass is 427 g/mol. The zero-order valence-corrected chi connectivity index (χ0v) is 16.2. The zero-order chi connectivity index (χ0) is 20.7. The summed E-state index contributed by atoms with van der Waals surface area (Å²) in [6.07, 6.45) is 2.36. The second-order valence-electron chi connectivity index (χ2n) is 6.29. The number of halogens is 2. The predicted octanol–water partition coefficient (Wildman–Crippen LogP) is 2.31. The van der Waals surface area contributed by atoms with Gasteiger partial charge >= 0.3 is 0 Å². The van der Waals surface area contributed by atoms with Gasteiger partial charge in [-0.1, -0.05) is 12.1 Å². The Morgan fingerprint density at radius 1 is 1.00 bits per heavy atom. The van der Waals surface area contributed by atoms with Crippen LogP contribution in [-0.4, -0.2) is 40.4 Å². The van der Waals surface area contributed by atoms with Gasteiger partial charge in [0.05, 0.1) is 9.79 Å². The molecule has 3 rings (SSSR count). The largest absolute Gasteiger partial charge is 0.331 e. The molecular formula is C18H15F2NO5S2. The van der Waals surface area contributed by atoms with E-state index in [1.165, 1.54) is 29.2 Å². The Hall–Kier alpha value is -2.59. The van der Waals surface area contributed by atoms with Crippen molar-refractivity contribution in [2.45, 2.75) is 16.3 Å². The Labute approximate surface area is 160 Å². The molecule has 0 saturated heterocycles. The van der Waals surface area contributed by atoms with Crippen LogP contribution in [0.4, 0.5) is 8.78 Å². The Balaban J connectivity index is 1.90. The van der Waals surface area contributed by atoms with Crippen LogP contribution in [0.15, 0.2) is 57.7 Å². The summed E-state index contributed by atoms with van der Waals surface area (Å²) in [7, 11) is -7.47. The van der Waals surface area contributed by atoms with Gasteiger partial charge < -0.3 is 4.90 Å². The highest BCUT2D eigenvalue weighted by Crippen LogP contribution is 2.29. The number of carbonyl (C=O) groups excluding carboxylic acids is 1. The third-order valence-electron chi connectivity index (χ3n) is 4.14. The summed E-state index contributed by atoms with van der Waals surface area (Å²) >= 11 is 0. The van der Waals surface area contributed by atoms with Crippen LogP contribution in [0, 0.1) is 11.6 Å². The van der Waals surface area contributed by atoms with Gasteiger partial charge in [0.25, 0.3) is 5.91 Å². The van der Waals surface area contributed by atoms with E-state index in [4.69, 9.17) is 0 Å². The van der Waals surface area contributed by atoms with Crippen molar-refractivity contribution in [2.24, 2.45) is 0 Å². The van der Waals surface area contributed by atoms with E-state index in [2.05, 4.69) is 0 Å². The van der Waals surface area contributed by atoms with Crippen LogP contribution in [-0.2, 0) is 26.2 Å². The minimum absolute atomic E-state index is 0.0475. The lowest BCUT2D eigenvalue weighted by molar-refractivity contribution is 0.0796. The Morgan fingerprint density at radius 3 is 2.29 bits per heavy atom. The molecule has 1 aliphatic heterocycles. The van der Waals surface area contributed by atoms with Crippen LogP contribution in [0.1, 0.15) is 15.9 Å². The number of sulfone groups is 2. The molecule has 0 N–H and O–H groups in total. The first-order valence-corrected chi connectivity index (χ1v) is 11.4. The molecule has 0 spiro atoms. The van der Waals surface area contributed by atoms with Crippen LogP contribution in [0.25, 0.3) is 0 Å². The average Bonchev–Trinajstić information content (AvgIpc) is 2.92. The zero-order valence-electron chi connectivity index (χ0n) is 14.6. The van der Waals surface area contributed by atoms with Crippen LogP contribution in [0.2, 0.25) is 0 Å². The van der Waals surface area contributed by atoms with E-state index in [0.717, 1.165) is 23.8 Å². The van der Waals surface area contributed by atoms with Crippen molar-refractivity contribution in [1.82, 2.24) is 4.90 Å². The Bertz CT molecular complexity index is 1200. The van der Waals surface area contributed by atoms with Crippen molar-refractivity contribution in [2.75, 3.05) is 12.8 Å². The van der Waals surface area contributed by atoms with Crippen LogP contribution in [0.3, 0.4) is 0 Å².